The van der Waals surface area contributed by atoms with Crippen molar-refractivity contribution in [2.24, 2.45) is 7.05 Å². The van der Waals surface area contributed by atoms with Crippen LogP contribution in [0.5, 0.6) is 0 Å². The van der Waals surface area contributed by atoms with Crippen LogP contribution in [0.3, 0.4) is 0 Å². The number of hydrogen-bond acceptors (Lipinski definition) is 4. The van der Waals surface area contributed by atoms with Crippen molar-refractivity contribution in [3.8, 4) is 0 Å². The predicted molar refractivity (Wildman–Crippen MR) is 70.5 cm³/mol. The largest absolute Gasteiger partial charge is 0.338 e. The van der Waals surface area contributed by atoms with E-state index in [1.54, 1.807) is 6.20 Å². The monoisotopic (exact) mass is 250 g/mol. The van der Waals surface area contributed by atoms with Crippen LogP contribution in [0.2, 0.25) is 0 Å². The average Bonchev–Trinajstić information content (AvgIpc) is 2.62. The summed E-state index contributed by atoms with van der Waals surface area (Å²) in [6, 6.07) is -0.00537. The number of likely N-dealkylation sites (N-methyl/N-ethyl adjacent to an activating group) is 2. The summed E-state index contributed by atoms with van der Waals surface area (Å²) in [4.78, 5) is 21.0. The van der Waals surface area contributed by atoms with Gasteiger partial charge in [0.1, 0.15) is 5.82 Å². The van der Waals surface area contributed by atoms with E-state index in [4.69, 9.17) is 0 Å². The molecule has 0 radical (unpaired) electrons. The van der Waals surface area contributed by atoms with Gasteiger partial charge in [-0.2, -0.15) is 0 Å². The van der Waals surface area contributed by atoms with E-state index in [-0.39, 0.29) is 11.8 Å². The predicted octanol–water partition coefficient (Wildman–Crippen LogP) is 0.168. The minimum atomic E-state index is -0.00537. The zero-order chi connectivity index (χ0) is 13.1. The van der Waals surface area contributed by atoms with Gasteiger partial charge < -0.3 is 9.47 Å². The number of aromatic nitrogens is 2. The highest BCUT2D eigenvalue weighted by atomic mass is 16.1. The topological polar surface area (TPSA) is 41.4 Å². The number of carbonyl (C=O) groups excluding carboxylic acids is 1. The second-order valence-corrected chi connectivity index (χ2v) is 5.21. The maximum atomic E-state index is 12.4. The molecule has 2 heterocycles. The summed E-state index contributed by atoms with van der Waals surface area (Å²) in [7, 11) is 6.05. The summed E-state index contributed by atoms with van der Waals surface area (Å²) in [5, 5.41) is 0. The fourth-order valence-corrected chi connectivity index (χ4v) is 2.46. The molecule has 5 heteroatoms. The summed E-state index contributed by atoms with van der Waals surface area (Å²) < 4.78 is 1.91. The van der Waals surface area contributed by atoms with E-state index < -0.39 is 0 Å². The Balaban J connectivity index is 2.04. The highest BCUT2D eigenvalue weighted by Crippen LogP contribution is 2.10. The molecule has 2 rings (SSSR count). The number of rotatable bonds is 3. The smallest absolute Gasteiger partial charge is 0.158 e. The lowest BCUT2D eigenvalue weighted by atomic mass is 10.1. The SMILES string of the molecule is CN1CCCN(C)C(C(=O)Cc2nccn2C)C1. The average molecular weight is 250 g/mol. The lowest BCUT2D eigenvalue weighted by Gasteiger charge is -2.26. The molecule has 0 amide bonds. The first kappa shape index (κ1) is 13.2. The summed E-state index contributed by atoms with van der Waals surface area (Å²) in [5.74, 6) is 1.11. The molecule has 1 aromatic rings. The lowest BCUT2D eigenvalue weighted by Crippen LogP contribution is -2.44. The van der Waals surface area contributed by atoms with Gasteiger partial charge in [0, 0.05) is 26.0 Å². The number of carbonyl (C=O) groups is 1. The fraction of sp³-hybridized carbons (Fsp3) is 0.692. The van der Waals surface area contributed by atoms with E-state index in [0.717, 1.165) is 31.9 Å². The molecule has 1 saturated heterocycles. The van der Waals surface area contributed by atoms with Crippen LogP contribution in [0.15, 0.2) is 12.4 Å². The minimum Gasteiger partial charge on any atom is -0.338 e. The first-order valence-electron chi connectivity index (χ1n) is 6.45. The molecular weight excluding hydrogens is 228 g/mol. The van der Waals surface area contributed by atoms with Gasteiger partial charge >= 0.3 is 0 Å². The Hall–Kier alpha value is -1.20. The van der Waals surface area contributed by atoms with Gasteiger partial charge in [-0.1, -0.05) is 0 Å². The van der Waals surface area contributed by atoms with Crippen molar-refractivity contribution in [2.45, 2.75) is 18.9 Å². The number of nitrogens with zero attached hydrogens (tertiary/aromatic N) is 4. The zero-order valence-electron chi connectivity index (χ0n) is 11.5. The van der Waals surface area contributed by atoms with E-state index in [1.807, 2.05) is 24.9 Å². The van der Waals surface area contributed by atoms with Crippen LogP contribution in [-0.2, 0) is 18.3 Å². The van der Waals surface area contributed by atoms with Gasteiger partial charge in [-0.15, -0.1) is 0 Å². The maximum absolute atomic E-state index is 12.4. The third-order valence-corrected chi connectivity index (χ3v) is 3.69. The van der Waals surface area contributed by atoms with Crippen molar-refractivity contribution >= 4 is 5.78 Å². The van der Waals surface area contributed by atoms with Gasteiger partial charge in [0.05, 0.1) is 12.5 Å². The van der Waals surface area contributed by atoms with Crippen LogP contribution in [0.25, 0.3) is 0 Å². The van der Waals surface area contributed by atoms with E-state index in [9.17, 15) is 4.79 Å². The molecule has 1 aliphatic rings. The molecule has 0 bridgehead atoms. The van der Waals surface area contributed by atoms with Crippen LogP contribution < -0.4 is 0 Å². The minimum absolute atomic E-state index is 0.00537. The van der Waals surface area contributed by atoms with Crippen molar-refractivity contribution < 1.29 is 4.79 Å². The number of hydrogen-bond donors (Lipinski definition) is 0. The highest BCUT2D eigenvalue weighted by Gasteiger charge is 2.27. The van der Waals surface area contributed by atoms with Gasteiger partial charge in [-0.3, -0.25) is 9.69 Å². The molecule has 0 spiro atoms. The molecule has 1 aromatic heterocycles. The molecular formula is C13H22N4O. The summed E-state index contributed by atoms with van der Waals surface area (Å²) in [6.45, 7) is 2.87. The van der Waals surface area contributed by atoms with E-state index in [1.165, 1.54) is 0 Å². The van der Waals surface area contributed by atoms with Crippen LogP contribution in [0, 0.1) is 0 Å². The number of imidazole rings is 1. The van der Waals surface area contributed by atoms with Gasteiger partial charge in [-0.05, 0) is 33.6 Å². The molecule has 1 aliphatic heterocycles. The Morgan fingerprint density at radius 3 is 2.83 bits per heavy atom. The summed E-state index contributed by atoms with van der Waals surface area (Å²) in [5.41, 5.74) is 0. The van der Waals surface area contributed by atoms with E-state index in [0.29, 0.717) is 6.42 Å². The molecule has 100 valence electrons. The van der Waals surface area contributed by atoms with Crippen molar-refractivity contribution in [1.29, 1.82) is 0 Å². The van der Waals surface area contributed by atoms with Crippen LogP contribution in [0.1, 0.15) is 12.2 Å². The maximum Gasteiger partial charge on any atom is 0.158 e. The van der Waals surface area contributed by atoms with E-state index >= 15 is 0 Å². The van der Waals surface area contributed by atoms with Gasteiger partial charge in [0.15, 0.2) is 5.78 Å². The third-order valence-electron chi connectivity index (χ3n) is 3.69. The molecule has 1 atom stereocenters. The first-order valence-corrected chi connectivity index (χ1v) is 6.45. The molecule has 0 aliphatic carbocycles. The van der Waals surface area contributed by atoms with Crippen molar-refractivity contribution in [3.63, 3.8) is 0 Å². The molecule has 1 fully saturated rings. The third kappa shape index (κ3) is 2.97. The van der Waals surface area contributed by atoms with Gasteiger partial charge in [-0.25, -0.2) is 4.98 Å². The standard InChI is InChI=1S/C13H22N4O/c1-15-6-4-7-16(2)11(10-15)12(18)9-13-14-5-8-17(13)3/h5,8,11H,4,6-7,9-10H2,1-3H3. The normalized spacial score (nSPS) is 22.9. The van der Waals surface area contributed by atoms with Gasteiger partial charge in [0.2, 0.25) is 0 Å². The number of Topliss-reactive ketones (excluding diaryl/α,β-unsaturated/α-hetero) is 1. The van der Waals surface area contributed by atoms with E-state index in [2.05, 4.69) is 21.8 Å². The summed E-state index contributed by atoms with van der Waals surface area (Å²) >= 11 is 0. The molecule has 18 heavy (non-hydrogen) atoms. The summed E-state index contributed by atoms with van der Waals surface area (Å²) in [6.07, 6.45) is 5.17. The Morgan fingerprint density at radius 2 is 2.17 bits per heavy atom. The quantitative estimate of drug-likeness (QED) is 0.767. The van der Waals surface area contributed by atoms with Crippen molar-refractivity contribution in [3.05, 3.63) is 18.2 Å². The van der Waals surface area contributed by atoms with Crippen LogP contribution >= 0.6 is 0 Å². The molecule has 1 unspecified atom stereocenters. The Morgan fingerprint density at radius 1 is 1.39 bits per heavy atom. The number of ketones is 1. The second kappa shape index (κ2) is 5.63. The zero-order valence-corrected chi connectivity index (χ0v) is 11.5. The number of aryl methyl sites for hydroxylation is 1. The lowest BCUT2D eigenvalue weighted by molar-refractivity contribution is -0.123. The first-order chi connectivity index (χ1) is 8.58. The second-order valence-electron chi connectivity index (χ2n) is 5.21. The van der Waals surface area contributed by atoms with Crippen molar-refractivity contribution in [1.82, 2.24) is 19.4 Å². The Labute approximate surface area is 108 Å². The van der Waals surface area contributed by atoms with Crippen molar-refractivity contribution in [2.75, 3.05) is 33.7 Å². The fourth-order valence-electron chi connectivity index (χ4n) is 2.46. The Kier molecular flexibility index (Phi) is 4.14. The highest BCUT2D eigenvalue weighted by molar-refractivity contribution is 5.85. The molecule has 5 nitrogen and oxygen atoms in total. The van der Waals surface area contributed by atoms with Crippen LogP contribution in [-0.4, -0.2) is 64.9 Å². The molecule has 0 saturated carbocycles. The molecule has 0 aromatic carbocycles. The molecule has 0 N–H and O–H groups in total. The Bertz CT molecular complexity index is 415. The van der Waals surface area contributed by atoms with Crippen LogP contribution in [0.4, 0.5) is 0 Å². The van der Waals surface area contributed by atoms with Gasteiger partial charge in [0.25, 0.3) is 0 Å².